The number of aliphatic carboxylic acids is 1. The molecule has 246 valence electrons. The molecule has 7 rings (SSSR count). The quantitative estimate of drug-likeness (QED) is 0.122. The van der Waals surface area contributed by atoms with Gasteiger partial charge < -0.3 is 20.2 Å². The van der Waals surface area contributed by atoms with Gasteiger partial charge in [-0.05, 0) is 51.6 Å². The van der Waals surface area contributed by atoms with E-state index in [0.29, 0.717) is 17.8 Å². The minimum absolute atomic E-state index is 0.190. The van der Waals surface area contributed by atoms with Gasteiger partial charge in [0.2, 0.25) is 5.91 Å². The van der Waals surface area contributed by atoms with E-state index in [1.165, 1.54) is 5.56 Å². The Morgan fingerprint density at radius 3 is 1.86 bits per heavy atom. The normalized spacial score (nSPS) is 11.6. The number of carbonyl (C=O) groups is 2. The van der Waals surface area contributed by atoms with Crippen molar-refractivity contribution >= 4 is 34.2 Å². The van der Waals surface area contributed by atoms with Crippen molar-refractivity contribution in [3.05, 3.63) is 180 Å². The highest BCUT2D eigenvalue weighted by Gasteiger charge is 2.21. The predicted molar refractivity (Wildman–Crippen MR) is 200 cm³/mol. The molecule has 0 aliphatic heterocycles. The minimum Gasteiger partial charge on any atom is -0.480 e. The second-order valence-electron chi connectivity index (χ2n) is 12.3. The highest BCUT2D eigenvalue weighted by molar-refractivity contribution is 5.98. The van der Waals surface area contributed by atoms with E-state index in [0.717, 1.165) is 50.1 Å². The molecule has 0 aliphatic rings. The van der Waals surface area contributed by atoms with Crippen LogP contribution in [0, 0.1) is 0 Å². The summed E-state index contributed by atoms with van der Waals surface area (Å²) >= 11 is 0. The van der Waals surface area contributed by atoms with Crippen molar-refractivity contribution in [2.24, 2.45) is 0 Å². The van der Waals surface area contributed by atoms with Gasteiger partial charge in [0.15, 0.2) is 0 Å². The summed E-state index contributed by atoms with van der Waals surface area (Å²) in [6, 6.07) is 50.5. The monoisotopic (exact) mass is 656 g/mol. The van der Waals surface area contributed by atoms with Gasteiger partial charge in [0.05, 0.1) is 17.8 Å². The number of carboxylic acids is 1. The summed E-state index contributed by atoms with van der Waals surface area (Å²) < 4.78 is 6.38. The number of para-hydroxylation sites is 1. The van der Waals surface area contributed by atoms with Gasteiger partial charge in [-0.25, -0.2) is 4.79 Å². The first-order valence-corrected chi connectivity index (χ1v) is 16.7. The first-order valence-electron chi connectivity index (χ1n) is 16.7. The number of amides is 1. The van der Waals surface area contributed by atoms with Gasteiger partial charge in [0.25, 0.3) is 0 Å². The van der Waals surface area contributed by atoms with Crippen molar-refractivity contribution in [2.75, 3.05) is 10.6 Å². The number of benzene rings is 6. The van der Waals surface area contributed by atoms with Crippen LogP contribution in [-0.2, 0) is 28.9 Å². The lowest BCUT2D eigenvalue weighted by molar-refractivity contribution is -0.137. The lowest BCUT2D eigenvalue weighted by Crippen LogP contribution is -2.32. The van der Waals surface area contributed by atoms with Crippen LogP contribution in [-0.4, -0.2) is 23.0 Å². The van der Waals surface area contributed by atoms with E-state index >= 15 is 0 Å². The smallest absolute Gasteiger partial charge is 0.326 e. The third-order valence-electron chi connectivity index (χ3n) is 8.79. The molecular formula is C44H36N2O4. The Bertz CT molecular complexity index is 2230. The Morgan fingerprint density at radius 1 is 0.600 bits per heavy atom. The minimum atomic E-state index is -0.978. The van der Waals surface area contributed by atoms with Gasteiger partial charge in [-0.15, -0.1) is 0 Å². The molecule has 0 saturated heterocycles. The Balaban J connectivity index is 1.20. The van der Waals surface area contributed by atoms with Crippen LogP contribution < -0.4 is 10.6 Å². The van der Waals surface area contributed by atoms with E-state index < -0.39 is 12.0 Å². The van der Waals surface area contributed by atoms with Crippen LogP contribution in [0.15, 0.2) is 162 Å². The van der Waals surface area contributed by atoms with Crippen LogP contribution in [0.25, 0.3) is 33.2 Å². The van der Waals surface area contributed by atoms with Crippen molar-refractivity contribution in [1.29, 1.82) is 0 Å². The molecular weight excluding hydrogens is 620 g/mol. The summed E-state index contributed by atoms with van der Waals surface area (Å²) in [5.74, 6) is -0.263. The number of carbonyl (C=O) groups excluding carboxylic acids is 1. The molecule has 0 radical (unpaired) electrons. The second-order valence-corrected chi connectivity index (χ2v) is 12.3. The Labute approximate surface area is 291 Å². The number of anilines is 2. The number of rotatable bonds is 12. The second kappa shape index (κ2) is 14.8. The molecule has 1 amide bonds. The third kappa shape index (κ3) is 7.50. The zero-order valence-corrected chi connectivity index (χ0v) is 27.4. The first kappa shape index (κ1) is 32.2. The molecule has 0 aliphatic carbocycles. The number of nitrogens with one attached hydrogen (secondary N) is 2. The molecule has 1 heterocycles. The molecule has 1 atom stereocenters. The summed E-state index contributed by atoms with van der Waals surface area (Å²) in [5, 5.41) is 17.4. The fourth-order valence-corrected chi connectivity index (χ4v) is 6.31. The maximum Gasteiger partial charge on any atom is 0.326 e. The molecule has 50 heavy (non-hydrogen) atoms. The molecule has 6 aromatic carbocycles. The SMILES string of the molecule is O=C(Cc1ccccc1)Nc1cc(-c2ccc(-c3c(Cc4ccccc4)oc4ccccc34)cc2)ccc1N[C@@H](Cc1ccccc1)C(=O)O. The molecule has 6 nitrogen and oxygen atoms in total. The Morgan fingerprint density at radius 2 is 1.18 bits per heavy atom. The maximum atomic E-state index is 13.3. The molecule has 0 spiro atoms. The van der Waals surface area contributed by atoms with Crippen LogP contribution in [0.1, 0.15) is 22.5 Å². The van der Waals surface area contributed by atoms with Gasteiger partial charge in [0, 0.05) is 23.8 Å². The number of fused-ring (bicyclic) bond motifs is 1. The van der Waals surface area contributed by atoms with Gasteiger partial charge in [-0.1, -0.05) is 140 Å². The molecule has 3 N–H and O–H groups in total. The summed E-state index contributed by atoms with van der Waals surface area (Å²) in [6.07, 6.45) is 1.15. The van der Waals surface area contributed by atoms with Crippen molar-refractivity contribution in [1.82, 2.24) is 0 Å². The molecule has 6 heteroatoms. The molecule has 7 aromatic rings. The fraction of sp³-hybridized carbons (Fsp3) is 0.0909. The standard InChI is InChI=1S/C44H36N2O4/c47-42(28-32-16-8-3-9-17-32)46-38-29-35(24-25-37(38)45-39(44(48)49)26-30-12-4-1-5-13-30)33-20-22-34(23-21-33)43-36-18-10-11-19-40(36)50-41(43)27-31-14-6-2-7-15-31/h1-25,29,39,45H,26-28H2,(H,46,47)(H,48,49)/t39-/m0/s1. The molecule has 0 bridgehead atoms. The average Bonchev–Trinajstić information content (AvgIpc) is 3.51. The lowest BCUT2D eigenvalue weighted by atomic mass is 9.96. The van der Waals surface area contributed by atoms with Crippen LogP contribution in [0.5, 0.6) is 0 Å². The van der Waals surface area contributed by atoms with Gasteiger partial charge in [-0.2, -0.15) is 0 Å². The van der Waals surface area contributed by atoms with Crippen LogP contribution in [0.4, 0.5) is 11.4 Å². The number of hydrogen-bond donors (Lipinski definition) is 3. The first-order chi connectivity index (χ1) is 24.5. The van der Waals surface area contributed by atoms with E-state index in [9.17, 15) is 14.7 Å². The van der Waals surface area contributed by atoms with Crippen LogP contribution in [0.3, 0.4) is 0 Å². The number of furan rings is 1. The van der Waals surface area contributed by atoms with E-state index in [1.54, 1.807) is 0 Å². The number of hydrogen-bond acceptors (Lipinski definition) is 4. The average molecular weight is 657 g/mol. The van der Waals surface area contributed by atoms with Crippen molar-refractivity contribution in [3.8, 4) is 22.3 Å². The molecule has 0 unspecified atom stereocenters. The zero-order chi connectivity index (χ0) is 34.3. The zero-order valence-electron chi connectivity index (χ0n) is 27.4. The van der Waals surface area contributed by atoms with E-state index in [4.69, 9.17) is 4.42 Å². The van der Waals surface area contributed by atoms with Gasteiger partial charge in [0.1, 0.15) is 17.4 Å². The van der Waals surface area contributed by atoms with Gasteiger partial charge in [-0.3, -0.25) is 4.79 Å². The predicted octanol–water partition coefficient (Wildman–Crippen LogP) is 9.65. The van der Waals surface area contributed by atoms with Crippen molar-refractivity contribution in [2.45, 2.75) is 25.3 Å². The van der Waals surface area contributed by atoms with Crippen molar-refractivity contribution < 1.29 is 19.1 Å². The van der Waals surface area contributed by atoms with E-state index in [2.05, 4.69) is 53.1 Å². The third-order valence-corrected chi connectivity index (χ3v) is 8.79. The van der Waals surface area contributed by atoms with E-state index in [-0.39, 0.29) is 18.7 Å². The number of carboxylic acid groups (broad SMARTS) is 1. The highest BCUT2D eigenvalue weighted by Crippen LogP contribution is 2.38. The highest BCUT2D eigenvalue weighted by atomic mass is 16.4. The van der Waals surface area contributed by atoms with Crippen LogP contribution in [0.2, 0.25) is 0 Å². The van der Waals surface area contributed by atoms with Crippen molar-refractivity contribution in [3.63, 3.8) is 0 Å². The Hall–Kier alpha value is -6.40. The van der Waals surface area contributed by atoms with Gasteiger partial charge >= 0.3 is 5.97 Å². The molecule has 1 aromatic heterocycles. The summed E-state index contributed by atoms with van der Waals surface area (Å²) in [5.41, 5.74) is 8.81. The summed E-state index contributed by atoms with van der Waals surface area (Å²) in [4.78, 5) is 25.6. The van der Waals surface area contributed by atoms with Crippen LogP contribution >= 0.6 is 0 Å². The molecule has 0 fully saturated rings. The topological polar surface area (TPSA) is 91.6 Å². The summed E-state index contributed by atoms with van der Waals surface area (Å²) in [6.45, 7) is 0. The Kier molecular flexibility index (Phi) is 9.51. The largest absolute Gasteiger partial charge is 0.480 e. The fourth-order valence-electron chi connectivity index (χ4n) is 6.31. The van der Waals surface area contributed by atoms with E-state index in [1.807, 2.05) is 115 Å². The lowest BCUT2D eigenvalue weighted by Gasteiger charge is -2.20. The molecule has 0 saturated carbocycles. The summed E-state index contributed by atoms with van der Waals surface area (Å²) in [7, 11) is 0. The maximum absolute atomic E-state index is 13.3.